The highest BCUT2D eigenvalue weighted by Crippen LogP contribution is 2.36. The number of H-pyrrole nitrogens is 1. The third-order valence-corrected chi connectivity index (χ3v) is 5.19. The molecule has 1 aromatic rings. The van der Waals surface area contributed by atoms with Crippen molar-refractivity contribution in [3.63, 3.8) is 0 Å². The molecule has 0 amide bonds. The molecule has 1 fully saturated rings. The molecule has 2 rings (SSSR count). The highest BCUT2D eigenvalue weighted by Gasteiger charge is 2.28. The molecule has 0 aromatic carbocycles. The molecular weight excluding hydrogens is 338 g/mol. The van der Waals surface area contributed by atoms with Crippen molar-refractivity contribution in [1.82, 2.24) is 14.8 Å². The molecule has 1 heterocycles. The second kappa shape index (κ2) is 8.93. The Hall–Kier alpha value is -0.230. The van der Waals surface area contributed by atoms with Gasteiger partial charge in [-0.15, -0.1) is 5.10 Å². The number of thioether (sulfide) groups is 1. The van der Waals surface area contributed by atoms with Gasteiger partial charge in [0.05, 0.1) is 0 Å². The van der Waals surface area contributed by atoms with Crippen molar-refractivity contribution >= 4 is 27.7 Å². The number of alkyl halides is 1. The number of unbranched alkanes of at least 4 members (excludes halogenated alkanes) is 6. The van der Waals surface area contributed by atoms with E-state index in [1.54, 1.807) is 11.8 Å². The third kappa shape index (κ3) is 5.28. The Balaban J connectivity index is 1.54. The van der Waals surface area contributed by atoms with Gasteiger partial charge < -0.3 is 0 Å². The summed E-state index contributed by atoms with van der Waals surface area (Å²) >= 11 is 5.18. The van der Waals surface area contributed by atoms with Gasteiger partial charge >= 0.3 is 5.69 Å². The lowest BCUT2D eigenvalue weighted by Gasteiger charge is -2.03. The Bertz CT molecular complexity index is 442. The van der Waals surface area contributed by atoms with Gasteiger partial charge in [-0.2, -0.15) is 0 Å². The van der Waals surface area contributed by atoms with Gasteiger partial charge in [0, 0.05) is 17.1 Å². The number of rotatable bonds is 11. The fourth-order valence-corrected chi connectivity index (χ4v) is 3.70. The van der Waals surface area contributed by atoms with E-state index >= 15 is 0 Å². The van der Waals surface area contributed by atoms with Gasteiger partial charge in [0.25, 0.3) is 0 Å². The highest BCUT2D eigenvalue weighted by molar-refractivity contribution is 9.09. The number of nitrogens with zero attached hydrogens (tertiary/aromatic N) is 2. The zero-order valence-electron chi connectivity index (χ0n) is 11.9. The summed E-state index contributed by atoms with van der Waals surface area (Å²) < 4.78 is 1.84. The normalized spacial score (nSPS) is 14.8. The van der Waals surface area contributed by atoms with Crippen LogP contribution < -0.4 is 5.69 Å². The summed E-state index contributed by atoms with van der Waals surface area (Å²) in [6.45, 7) is 0. The minimum absolute atomic E-state index is 0.0400. The first-order valence-corrected chi connectivity index (χ1v) is 9.79. The molecule has 0 atom stereocenters. The molecule has 0 spiro atoms. The standard InChI is InChI=1S/C14H24BrN3OS/c15-10-6-4-2-1-3-5-7-11-20-14-17-16-13(19)18(14)12-8-9-12/h12H,1-11H2,(H,16,19). The number of aromatic amines is 1. The average molecular weight is 362 g/mol. The SMILES string of the molecule is O=c1[nH]nc(SCCCCCCCCCBr)n1C1CC1. The Morgan fingerprint density at radius 1 is 1.15 bits per heavy atom. The van der Waals surface area contributed by atoms with Gasteiger partial charge in [0.1, 0.15) is 0 Å². The maximum Gasteiger partial charge on any atom is 0.344 e. The van der Waals surface area contributed by atoms with E-state index in [1.165, 1.54) is 44.9 Å². The monoisotopic (exact) mass is 361 g/mol. The molecule has 1 aliphatic rings. The molecule has 1 aromatic heterocycles. The van der Waals surface area contributed by atoms with Crippen LogP contribution in [0.5, 0.6) is 0 Å². The van der Waals surface area contributed by atoms with E-state index in [4.69, 9.17) is 0 Å². The van der Waals surface area contributed by atoms with Crippen molar-refractivity contribution in [2.75, 3.05) is 11.1 Å². The molecule has 6 heteroatoms. The van der Waals surface area contributed by atoms with Crippen LogP contribution in [0.3, 0.4) is 0 Å². The highest BCUT2D eigenvalue weighted by atomic mass is 79.9. The molecule has 114 valence electrons. The molecule has 0 aliphatic heterocycles. The summed E-state index contributed by atoms with van der Waals surface area (Å²) in [5.41, 5.74) is -0.0400. The summed E-state index contributed by atoms with van der Waals surface area (Å²) in [6, 6.07) is 0.415. The lowest BCUT2D eigenvalue weighted by Crippen LogP contribution is -2.16. The Morgan fingerprint density at radius 2 is 1.80 bits per heavy atom. The zero-order valence-corrected chi connectivity index (χ0v) is 14.3. The maximum absolute atomic E-state index is 11.6. The fraction of sp³-hybridized carbons (Fsp3) is 0.857. The van der Waals surface area contributed by atoms with E-state index in [9.17, 15) is 4.79 Å². The van der Waals surface area contributed by atoms with Crippen LogP contribution in [-0.4, -0.2) is 25.8 Å². The molecule has 0 radical (unpaired) electrons. The Labute approximate surface area is 133 Å². The fourth-order valence-electron chi connectivity index (χ4n) is 2.29. The first kappa shape index (κ1) is 16.1. The van der Waals surface area contributed by atoms with Gasteiger partial charge in [-0.1, -0.05) is 59.8 Å². The van der Waals surface area contributed by atoms with Crippen LogP contribution in [0.25, 0.3) is 0 Å². The molecule has 1 N–H and O–H groups in total. The van der Waals surface area contributed by atoms with Gasteiger partial charge in [0.2, 0.25) is 0 Å². The molecule has 0 bridgehead atoms. The summed E-state index contributed by atoms with van der Waals surface area (Å²) in [6.07, 6.45) is 11.5. The third-order valence-electron chi connectivity index (χ3n) is 3.59. The number of nitrogens with one attached hydrogen (secondary N) is 1. The van der Waals surface area contributed by atoms with Crippen LogP contribution in [0.1, 0.15) is 63.8 Å². The van der Waals surface area contributed by atoms with Crippen molar-refractivity contribution in [2.45, 2.75) is 69.0 Å². The van der Waals surface area contributed by atoms with Gasteiger partial charge in [0.15, 0.2) is 5.16 Å². The molecular formula is C14H24BrN3OS. The quantitative estimate of drug-likeness (QED) is 0.366. The van der Waals surface area contributed by atoms with Crippen LogP contribution in [0.2, 0.25) is 0 Å². The molecule has 4 nitrogen and oxygen atoms in total. The average Bonchev–Trinajstić information content (AvgIpc) is 3.21. The first-order chi connectivity index (χ1) is 9.83. The zero-order chi connectivity index (χ0) is 14.2. The number of hydrogen-bond acceptors (Lipinski definition) is 3. The van der Waals surface area contributed by atoms with Crippen molar-refractivity contribution in [3.05, 3.63) is 10.5 Å². The number of halogens is 1. The summed E-state index contributed by atoms with van der Waals surface area (Å²) in [5.74, 6) is 1.07. The summed E-state index contributed by atoms with van der Waals surface area (Å²) in [4.78, 5) is 11.6. The smallest absolute Gasteiger partial charge is 0.267 e. The van der Waals surface area contributed by atoms with Gasteiger partial charge in [-0.05, 0) is 25.7 Å². The van der Waals surface area contributed by atoms with Gasteiger partial charge in [-0.25, -0.2) is 9.89 Å². The van der Waals surface area contributed by atoms with Crippen molar-refractivity contribution in [1.29, 1.82) is 0 Å². The lowest BCUT2D eigenvalue weighted by atomic mass is 10.1. The number of hydrogen-bond donors (Lipinski definition) is 1. The van der Waals surface area contributed by atoms with Crippen molar-refractivity contribution in [3.8, 4) is 0 Å². The first-order valence-electron chi connectivity index (χ1n) is 7.68. The van der Waals surface area contributed by atoms with Crippen molar-refractivity contribution < 1.29 is 0 Å². The van der Waals surface area contributed by atoms with E-state index in [0.29, 0.717) is 6.04 Å². The number of aromatic nitrogens is 3. The van der Waals surface area contributed by atoms with Crippen molar-refractivity contribution in [2.24, 2.45) is 0 Å². The van der Waals surface area contributed by atoms with E-state index < -0.39 is 0 Å². The van der Waals surface area contributed by atoms with E-state index in [1.807, 2.05) is 4.57 Å². The Kier molecular flexibility index (Phi) is 7.21. The Morgan fingerprint density at radius 3 is 2.45 bits per heavy atom. The minimum atomic E-state index is -0.0400. The van der Waals surface area contributed by atoms with E-state index in [0.717, 1.165) is 29.1 Å². The summed E-state index contributed by atoms with van der Waals surface area (Å²) in [5, 5.41) is 8.72. The van der Waals surface area contributed by atoms with Crippen LogP contribution in [0, 0.1) is 0 Å². The molecule has 20 heavy (non-hydrogen) atoms. The second-order valence-corrected chi connectivity index (χ2v) is 7.28. The molecule has 1 aliphatic carbocycles. The summed E-state index contributed by atoms with van der Waals surface area (Å²) in [7, 11) is 0. The van der Waals surface area contributed by atoms with Gasteiger partial charge in [-0.3, -0.25) is 4.57 Å². The maximum atomic E-state index is 11.6. The van der Waals surface area contributed by atoms with Crippen LogP contribution in [0.15, 0.2) is 9.95 Å². The van der Waals surface area contributed by atoms with E-state index in [-0.39, 0.29) is 5.69 Å². The minimum Gasteiger partial charge on any atom is -0.267 e. The molecule has 1 saturated carbocycles. The topological polar surface area (TPSA) is 50.7 Å². The second-order valence-electron chi connectivity index (χ2n) is 5.42. The van der Waals surface area contributed by atoms with Crippen LogP contribution in [0.4, 0.5) is 0 Å². The largest absolute Gasteiger partial charge is 0.344 e. The predicted octanol–water partition coefficient (Wildman–Crippen LogP) is 4.12. The lowest BCUT2D eigenvalue weighted by molar-refractivity contribution is 0.605. The van der Waals surface area contributed by atoms with Crippen LogP contribution in [-0.2, 0) is 0 Å². The molecule has 0 saturated heterocycles. The predicted molar refractivity (Wildman–Crippen MR) is 88.0 cm³/mol. The molecule has 0 unspecified atom stereocenters. The van der Waals surface area contributed by atoms with Crippen LogP contribution >= 0.6 is 27.7 Å². The van der Waals surface area contributed by atoms with E-state index in [2.05, 4.69) is 26.1 Å².